The molecule has 2 unspecified atom stereocenters. The number of carbonyl (C=O) groups is 1. The zero-order chi connectivity index (χ0) is 13.1. The summed E-state index contributed by atoms with van der Waals surface area (Å²) in [5, 5.41) is 5.96. The number of hydrogen-bond acceptors (Lipinski definition) is 2. The van der Waals surface area contributed by atoms with Crippen LogP contribution in [-0.4, -0.2) is 18.5 Å². The van der Waals surface area contributed by atoms with Gasteiger partial charge in [-0.3, -0.25) is 4.79 Å². The lowest BCUT2D eigenvalue weighted by Crippen LogP contribution is -2.48. The number of anilines is 1. The number of benzene rings is 1. The molecule has 1 aromatic rings. The maximum absolute atomic E-state index is 13.1. The molecule has 1 aromatic carbocycles. The highest BCUT2D eigenvalue weighted by molar-refractivity contribution is 9.10. The molecule has 5 heteroatoms. The van der Waals surface area contributed by atoms with Gasteiger partial charge in [-0.15, -0.1) is 0 Å². The van der Waals surface area contributed by atoms with E-state index in [1.807, 2.05) is 0 Å². The Bertz CT molecular complexity index is 453. The molecule has 98 valence electrons. The lowest BCUT2D eigenvalue weighted by molar-refractivity contribution is -0.119. The highest BCUT2D eigenvalue weighted by Gasteiger charge is 2.27. The molecule has 1 fully saturated rings. The van der Waals surface area contributed by atoms with E-state index in [1.165, 1.54) is 12.1 Å². The fraction of sp³-hybridized carbons (Fsp3) is 0.462. The van der Waals surface area contributed by atoms with Gasteiger partial charge in [-0.05, 0) is 59.4 Å². The Hall–Kier alpha value is -0.940. The molecular formula is C13H16BrFN2O. The summed E-state index contributed by atoms with van der Waals surface area (Å²) in [6, 6.07) is 4.05. The Balaban J connectivity index is 2.08. The summed E-state index contributed by atoms with van der Waals surface area (Å²) in [6.45, 7) is 2.91. The minimum absolute atomic E-state index is 0.103. The number of amides is 1. The highest BCUT2D eigenvalue weighted by Crippen LogP contribution is 2.24. The fourth-order valence-corrected chi connectivity index (χ4v) is 2.55. The van der Waals surface area contributed by atoms with E-state index in [2.05, 4.69) is 33.5 Å². The van der Waals surface area contributed by atoms with Crippen molar-refractivity contribution < 1.29 is 9.18 Å². The van der Waals surface area contributed by atoms with Crippen LogP contribution in [-0.2, 0) is 4.79 Å². The highest BCUT2D eigenvalue weighted by atomic mass is 79.9. The number of carbonyl (C=O) groups excluding carboxylic acids is 1. The predicted octanol–water partition coefficient (Wildman–Crippen LogP) is 2.91. The lowest BCUT2D eigenvalue weighted by Gasteiger charge is -2.29. The maximum atomic E-state index is 13.1. The summed E-state index contributed by atoms with van der Waals surface area (Å²) >= 11 is 3.30. The maximum Gasteiger partial charge on any atom is 0.241 e. The lowest BCUT2D eigenvalue weighted by atomic mass is 9.92. The molecule has 0 spiro atoms. The first kappa shape index (κ1) is 13.5. The van der Waals surface area contributed by atoms with Crippen molar-refractivity contribution in [1.82, 2.24) is 5.32 Å². The number of nitrogens with one attached hydrogen (secondary N) is 2. The molecule has 1 aliphatic heterocycles. The first-order chi connectivity index (χ1) is 8.58. The summed E-state index contributed by atoms with van der Waals surface area (Å²) in [6.07, 6.45) is 2.13. The quantitative estimate of drug-likeness (QED) is 0.881. The molecule has 1 heterocycles. The van der Waals surface area contributed by atoms with E-state index in [4.69, 9.17) is 0 Å². The van der Waals surface area contributed by atoms with Crippen molar-refractivity contribution >= 4 is 27.5 Å². The zero-order valence-electron chi connectivity index (χ0n) is 10.2. The third kappa shape index (κ3) is 3.09. The summed E-state index contributed by atoms with van der Waals surface area (Å²) in [7, 11) is 0. The van der Waals surface area contributed by atoms with Crippen molar-refractivity contribution in [3.05, 3.63) is 28.5 Å². The molecule has 0 radical (unpaired) electrons. The smallest absolute Gasteiger partial charge is 0.241 e. The second-order valence-electron chi connectivity index (χ2n) is 4.66. The Labute approximate surface area is 114 Å². The summed E-state index contributed by atoms with van der Waals surface area (Å²) in [5.74, 6) is -0.169. The van der Waals surface area contributed by atoms with Crippen molar-refractivity contribution in [3.63, 3.8) is 0 Å². The van der Waals surface area contributed by atoms with Crippen LogP contribution in [0.5, 0.6) is 0 Å². The van der Waals surface area contributed by atoms with Crippen LogP contribution in [0, 0.1) is 11.7 Å². The second kappa shape index (κ2) is 5.80. The van der Waals surface area contributed by atoms with Crippen molar-refractivity contribution in [2.45, 2.75) is 25.8 Å². The molecular weight excluding hydrogens is 299 g/mol. The van der Waals surface area contributed by atoms with Crippen LogP contribution in [0.2, 0.25) is 0 Å². The first-order valence-electron chi connectivity index (χ1n) is 6.07. The largest absolute Gasteiger partial charge is 0.324 e. The van der Waals surface area contributed by atoms with Gasteiger partial charge in [0.2, 0.25) is 5.91 Å². The molecule has 1 saturated heterocycles. The van der Waals surface area contributed by atoms with E-state index in [-0.39, 0.29) is 17.8 Å². The second-order valence-corrected chi connectivity index (χ2v) is 5.52. The molecule has 3 nitrogen and oxygen atoms in total. The van der Waals surface area contributed by atoms with Gasteiger partial charge in [0.15, 0.2) is 0 Å². The van der Waals surface area contributed by atoms with Gasteiger partial charge in [0.1, 0.15) is 5.82 Å². The molecule has 0 saturated carbocycles. The molecule has 0 aliphatic carbocycles. The standard InChI is InChI=1S/C13H16BrFN2O/c1-8-3-2-6-16-12(8)13(18)17-11-7-9(15)4-5-10(11)14/h4-5,7-8,12,16H,2-3,6H2,1H3,(H,17,18). The van der Waals surface area contributed by atoms with Crippen LogP contribution < -0.4 is 10.6 Å². The monoisotopic (exact) mass is 314 g/mol. The predicted molar refractivity (Wildman–Crippen MR) is 72.9 cm³/mol. The van der Waals surface area contributed by atoms with E-state index in [0.717, 1.165) is 19.4 Å². The fourth-order valence-electron chi connectivity index (χ4n) is 2.20. The first-order valence-corrected chi connectivity index (χ1v) is 6.86. The van der Waals surface area contributed by atoms with Gasteiger partial charge < -0.3 is 10.6 Å². The van der Waals surface area contributed by atoms with Gasteiger partial charge in [-0.25, -0.2) is 4.39 Å². The normalized spacial score (nSPS) is 23.7. The minimum Gasteiger partial charge on any atom is -0.324 e. The van der Waals surface area contributed by atoms with Crippen molar-refractivity contribution in [2.24, 2.45) is 5.92 Å². The summed E-state index contributed by atoms with van der Waals surface area (Å²) < 4.78 is 13.8. The number of halogens is 2. The van der Waals surface area contributed by atoms with E-state index < -0.39 is 0 Å². The number of rotatable bonds is 2. The van der Waals surface area contributed by atoms with E-state index in [1.54, 1.807) is 6.07 Å². The molecule has 2 atom stereocenters. The Kier molecular flexibility index (Phi) is 4.35. The van der Waals surface area contributed by atoms with Gasteiger partial charge in [0.05, 0.1) is 11.7 Å². The number of piperidine rings is 1. The van der Waals surface area contributed by atoms with Gasteiger partial charge in [0, 0.05) is 4.47 Å². The van der Waals surface area contributed by atoms with Crippen molar-refractivity contribution in [3.8, 4) is 0 Å². The third-order valence-corrected chi connectivity index (χ3v) is 3.93. The van der Waals surface area contributed by atoms with E-state index >= 15 is 0 Å². The molecule has 0 aromatic heterocycles. The Morgan fingerprint density at radius 3 is 3.06 bits per heavy atom. The van der Waals surface area contributed by atoms with Crippen molar-refractivity contribution in [1.29, 1.82) is 0 Å². The van der Waals surface area contributed by atoms with Gasteiger partial charge in [-0.2, -0.15) is 0 Å². The molecule has 0 bridgehead atoms. The molecule has 2 rings (SSSR count). The summed E-state index contributed by atoms with van der Waals surface area (Å²) in [5.41, 5.74) is 0.472. The van der Waals surface area contributed by atoms with Crippen LogP contribution >= 0.6 is 15.9 Å². The van der Waals surface area contributed by atoms with E-state index in [9.17, 15) is 9.18 Å². The molecule has 2 N–H and O–H groups in total. The van der Waals surface area contributed by atoms with Crippen LogP contribution in [0.3, 0.4) is 0 Å². The molecule has 18 heavy (non-hydrogen) atoms. The van der Waals surface area contributed by atoms with Crippen molar-refractivity contribution in [2.75, 3.05) is 11.9 Å². The van der Waals surface area contributed by atoms with Crippen LogP contribution in [0.25, 0.3) is 0 Å². The zero-order valence-corrected chi connectivity index (χ0v) is 11.8. The molecule has 1 aliphatic rings. The average molecular weight is 315 g/mol. The van der Waals surface area contributed by atoms with Crippen LogP contribution in [0.1, 0.15) is 19.8 Å². The Morgan fingerprint density at radius 1 is 1.56 bits per heavy atom. The van der Waals surface area contributed by atoms with Crippen LogP contribution in [0.4, 0.5) is 10.1 Å². The number of hydrogen-bond donors (Lipinski definition) is 2. The summed E-state index contributed by atoms with van der Waals surface area (Å²) in [4.78, 5) is 12.1. The van der Waals surface area contributed by atoms with Gasteiger partial charge in [0.25, 0.3) is 0 Å². The minimum atomic E-state index is -0.363. The molecule has 1 amide bonds. The third-order valence-electron chi connectivity index (χ3n) is 3.24. The van der Waals surface area contributed by atoms with Gasteiger partial charge in [-0.1, -0.05) is 6.92 Å². The topological polar surface area (TPSA) is 41.1 Å². The van der Waals surface area contributed by atoms with Gasteiger partial charge >= 0.3 is 0 Å². The van der Waals surface area contributed by atoms with Crippen LogP contribution in [0.15, 0.2) is 22.7 Å². The SMILES string of the molecule is CC1CCCNC1C(=O)Nc1cc(F)ccc1Br. The average Bonchev–Trinajstić information content (AvgIpc) is 2.34. The van der Waals surface area contributed by atoms with E-state index in [0.29, 0.717) is 16.1 Å². The Morgan fingerprint density at radius 2 is 2.33 bits per heavy atom.